The maximum absolute atomic E-state index is 13.0. The van der Waals surface area contributed by atoms with Crippen molar-refractivity contribution in [3.05, 3.63) is 52.4 Å². The van der Waals surface area contributed by atoms with Crippen LogP contribution in [0.25, 0.3) is 11.0 Å². The molecule has 7 nitrogen and oxygen atoms in total. The fourth-order valence-corrected chi connectivity index (χ4v) is 4.34. The van der Waals surface area contributed by atoms with Crippen LogP contribution in [-0.4, -0.2) is 33.0 Å². The van der Waals surface area contributed by atoms with Crippen molar-refractivity contribution in [1.82, 2.24) is 14.3 Å². The largest absolute Gasteiger partial charge is 0.490 e. The van der Waals surface area contributed by atoms with Gasteiger partial charge in [0.25, 0.3) is 5.56 Å². The van der Waals surface area contributed by atoms with Crippen LogP contribution in [0.1, 0.15) is 25.8 Å². The van der Waals surface area contributed by atoms with Crippen LogP contribution in [0.4, 0.5) is 18.9 Å². The Morgan fingerprint density at radius 2 is 2.03 bits per heavy atom. The van der Waals surface area contributed by atoms with Gasteiger partial charge in [0.15, 0.2) is 0 Å². The molecule has 33 heavy (non-hydrogen) atoms. The second kappa shape index (κ2) is 8.46. The van der Waals surface area contributed by atoms with Gasteiger partial charge in [-0.1, -0.05) is 13.0 Å². The number of benzene rings is 1. The monoisotopic (exact) mass is 459 g/mol. The van der Waals surface area contributed by atoms with Crippen LogP contribution >= 0.6 is 0 Å². The summed E-state index contributed by atoms with van der Waals surface area (Å²) in [5, 5.41) is 13.5. The number of nitriles is 1. The molecule has 3 aromatic rings. The summed E-state index contributed by atoms with van der Waals surface area (Å²) in [4.78, 5) is 14.7. The minimum Gasteiger partial charge on any atom is -0.490 e. The van der Waals surface area contributed by atoms with Gasteiger partial charge < -0.3 is 14.2 Å². The number of fused-ring (bicyclic) bond motifs is 1. The summed E-state index contributed by atoms with van der Waals surface area (Å²) in [6.07, 6.45) is -2.46. The quantitative estimate of drug-likeness (QED) is 0.590. The third-order valence-corrected chi connectivity index (χ3v) is 6.15. The van der Waals surface area contributed by atoms with E-state index >= 15 is 0 Å². The topological polar surface area (TPSA) is 76.1 Å². The summed E-state index contributed by atoms with van der Waals surface area (Å²) in [6.45, 7) is 4.58. The third-order valence-electron chi connectivity index (χ3n) is 6.15. The van der Waals surface area contributed by atoms with Gasteiger partial charge in [0.1, 0.15) is 23.9 Å². The van der Waals surface area contributed by atoms with E-state index in [2.05, 4.69) is 10.00 Å². The lowest BCUT2D eigenvalue weighted by atomic mass is 9.91. The fraction of sp³-hybridized carbons (Fsp3) is 0.435. The number of halogens is 3. The first-order valence-electron chi connectivity index (χ1n) is 10.6. The fourth-order valence-electron chi connectivity index (χ4n) is 4.34. The normalized spacial score (nSPS) is 21.2. The highest BCUT2D eigenvalue weighted by Crippen LogP contribution is 2.35. The van der Waals surface area contributed by atoms with E-state index in [4.69, 9.17) is 10.00 Å². The van der Waals surface area contributed by atoms with Crippen molar-refractivity contribution in [3.8, 4) is 11.8 Å². The van der Waals surface area contributed by atoms with E-state index in [9.17, 15) is 18.0 Å². The summed E-state index contributed by atoms with van der Waals surface area (Å²) < 4.78 is 48.1. The summed E-state index contributed by atoms with van der Waals surface area (Å²) in [5.74, 6) is 0.171. The van der Waals surface area contributed by atoms with Crippen molar-refractivity contribution in [2.45, 2.75) is 45.1 Å². The number of anilines is 1. The zero-order chi connectivity index (χ0) is 23.9. The average molecular weight is 459 g/mol. The maximum Gasteiger partial charge on any atom is 0.416 e. The Bertz CT molecular complexity index is 1270. The Morgan fingerprint density at radius 3 is 2.73 bits per heavy atom. The summed E-state index contributed by atoms with van der Waals surface area (Å²) in [6, 6.07) is 8.47. The van der Waals surface area contributed by atoms with Gasteiger partial charge in [0.05, 0.1) is 29.0 Å². The van der Waals surface area contributed by atoms with E-state index < -0.39 is 11.7 Å². The molecule has 0 N–H and O–H groups in total. The molecule has 3 heterocycles. The second-order valence-corrected chi connectivity index (χ2v) is 8.54. The molecule has 1 fully saturated rings. The van der Waals surface area contributed by atoms with Gasteiger partial charge in [0, 0.05) is 38.0 Å². The molecule has 2 aromatic heterocycles. The van der Waals surface area contributed by atoms with E-state index in [1.807, 2.05) is 19.9 Å². The minimum absolute atomic E-state index is 0.0176. The number of alkyl halides is 3. The van der Waals surface area contributed by atoms with Crippen molar-refractivity contribution in [2.75, 3.05) is 11.4 Å². The molecule has 10 heteroatoms. The molecule has 0 radical (unpaired) electrons. The summed E-state index contributed by atoms with van der Waals surface area (Å²) in [5.41, 5.74) is 1.02. The lowest BCUT2D eigenvalue weighted by Crippen LogP contribution is -2.49. The van der Waals surface area contributed by atoms with Crippen LogP contribution < -0.4 is 15.2 Å². The number of hydrogen-bond acceptors (Lipinski definition) is 5. The van der Waals surface area contributed by atoms with Crippen LogP contribution in [0.2, 0.25) is 0 Å². The highest BCUT2D eigenvalue weighted by molar-refractivity contribution is 5.88. The molecule has 1 unspecified atom stereocenters. The number of rotatable bonds is 4. The molecule has 174 valence electrons. The molecule has 0 amide bonds. The van der Waals surface area contributed by atoms with Crippen LogP contribution in [0, 0.1) is 17.2 Å². The predicted octanol–water partition coefficient (Wildman–Crippen LogP) is 3.96. The van der Waals surface area contributed by atoms with E-state index in [0.717, 1.165) is 12.1 Å². The number of aryl methyl sites for hydroxylation is 1. The first-order valence-corrected chi connectivity index (χ1v) is 10.6. The summed E-state index contributed by atoms with van der Waals surface area (Å²) >= 11 is 0. The zero-order valence-corrected chi connectivity index (χ0v) is 18.5. The van der Waals surface area contributed by atoms with Gasteiger partial charge in [-0.2, -0.15) is 23.5 Å². The molecule has 0 bridgehead atoms. The Morgan fingerprint density at radius 1 is 1.27 bits per heavy atom. The van der Waals surface area contributed by atoms with Crippen molar-refractivity contribution in [3.63, 3.8) is 0 Å². The van der Waals surface area contributed by atoms with E-state index in [1.54, 1.807) is 19.3 Å². The smallest absolute Gasteiger partial charge is 0.416 e. The van der Waals surface area contributed by atoms with Gasteiger partial charge in [-0.05, 0) is 25.1 Å². The molecule has 1 aromatic carbocycles. The molecule has 0 saturated carbocycles. The molecule has 0 spiro atoms. The number of piperidine rings is 1. The highest BCUT2D eigenvalue weighted by atomic mass is 19.4. The van der Waals surface area contributed by atoms with Gasteiger partial charge in [-0.15, -0.1) is 0 Å². The highest BCUT2D eigenvalue weighted by Gasteiger charge is 2.35. The molecule has 1 aliphatic rings. The van der Waals surface area contributed by atoms with Crippen LogP contribution in [-0.2, 0) is 19.8 Å². The van der Waals surface area contributed by atoms with Crippen molar-refractivity contribution in [1.29, 1.82) is 5.26 Å². The number of pyridine rings is 1. The van der Waals surface area contributed by atoms with Gasteiger partial charge in [-0.25, -0.2) is 0 Å². The zero-order valence-electron chi connectivity index (χ0n) is 18.5. The van der Waals surface area contributed by atoms with Gasteiger partial charge in [-0.3, -0.25) is 9.48 Å². The lowest BCUT2D eigenvalue weighted by molar-refractivity contribution is -0.137. The van der Waals surface area contributed by atoms with Gasteiger partial charge >= 0.3 is 6.18 Å². The number of hydrogen-bond donors (Lipinski definition) is 0. The Balaban J connectivity index is 1.60. The second-order valence-electron chi connectivity index (χ2n) is 8.54. The molecule has 4 rings (SSSR count). The standard InChI is InChI=1S/C23H24F3N5O2/c1-14-12-31(18-11-21(32)29(3)19-13-30(8-7-27)28-22(18)19)15(2)9-20(14)33-17-6-4-5-16(10-17)23(24,25)26/h4-6,10-11,13-15,20H,8-9,12H2,1-3H3/t14-,15+,20?/m1/s1. The number of aromatic nitrogens is 3. The molecule has 1 aliphatic heterocycles. The Kier molecular flexibility index (Phi) is 5.82. The van der Waals surface area contributed by atoms with Crippen LogP contribution in [0.5, 0.6) is 5.75 Å². The maximum atomic E-state index is 13.0. The molecule has 3 atom stereocenters. The molecule has 0 aliphatic carbocycles. The van der Waals surface area contributed by atoms with Crippen LogP contribution in [0.3, 0.4) is 0 Å². The Labute approximate surface area is 188 Å². The van der Waals surface area contributed by atoms with E-state index in [0.29, 0.717) is 29.7 Å². The van der Waals surface area contributed by atoms with E-state index in [1.165, 1.54) is 21.4 Å². The molecular formula is C23H24F3N5O2. The van der Waals surface area contributed by atoms with Crippen LogP contribution in [0.15, 0.2) is 41.3 Å². The number of nitrogens with zero attached hydrogens (tertiary/aromatic N) is 5. The van der Waals surface area contributed by atoms with Crippen molar-refractivity contribution in [2.24, 2.45) is 13.0 Å². The third kappa shape index (κ3) is 4.40. The van der Waals surface area contributed by atoms with E-state index in [-0.39, 0.29) is 35.9 Å². The Hall–Kier alpha value is -3.48. The first kappa shape index (κ1) is 22.7. The average Bonchev–Trinajstić information content (AvgIpc) is 3.17. The summed E-state index contributed by atoms with van der Waals surface area (Å²) in [7, 11) is 1.66. The van der Waals surface area contributed by atoms with Gasteiger partial charge in [0.2, 0.25) is 0 Å². The molecule has 1 saturated heterocycles. The SMILES string of the molecule is C[C@@H]1CN(c2cc(=O)n(C)c3cn(CC#N)nc23)[C@@H](C)CC1Oc1cccc(C(F)(F)F)c1. The minimum atomic E-state index is -4.43. The van der Waals surface area contributed by atoms with Crippen molar-refractivity contribution < 1.29 is 17.9 Å². The first-order chi connectivity index (χ1) is 15.6. The van der Waals surface area contributed by atoms with Crippen molar-refractivity contribution >= 4 is 16.7 Å². The lowest BCUT2D eigenvalue weighted by Gasteiger charge is -2.42. The molecular weight excluding hydrogens is 435 g/mol. The number of ether oxygens (including phenoxy) is 1. The predicted molar refractivity (Wildman–Crippen MR) is 117 cm³/mol.